The molecule has 0 amide bonds. The van der Waals surface area contributed by atoms with Crippen LogP contribution in [0.4, 0.5) is 5.82 Å². The van der Waals surface area contributed by atoms with E-state index in [9.17, 15) is 8.42 Å². The van der Waals surface area contributed by atoms with Gasteiger partial charge in [0.2, 0.25) is 5.88 Å². The van der Waals surface area contributed by atoms with E-state index in [0.29, 0.717) is 0 Å². The maximum absolute atomic E-state index is 12.9. The first kappa shape index (κ1) is 12.4. The van der Waals surface area contributed by atoms with Crippen LogP contribution < -0.4 is 18.9 Å². The molecular formula is C20H23BrN6O4S. The molecule has 3 aromatic rings. The number of halogens is 1. The van der Waals surface area contributed by atoms with Crippen molar-refractivity contribution in [1.29, 1.82) is 0 Å². The number of hydrogen-bond donors (Lipinski definition) is 2. The molecule has 0 spiro atoms. The number of hydrogen-bond acceptors (Lipinski definition) is 8. The largest absolute Gasteiger partial charge is 0.473 e. The molecule has 3 rings (SSSR count). The van der Waals surface area contributed by atoms with E-state index in [2.05, 4.69) is 35.9 Å². The Kier molecular flexibility index (Phi) is 4.33. The topological polar surface area (TPSA) is 128 Å². The highest BCUT2D eigenvalue weighted by molar-refractivity contribution is 9.10. The summed E-state index contributed by atoms with van der Waals surface area (Å²) in [4.78, 5) is 14.9. The SMILES string of the molecule is [2H]c1nc(OC([2H])([2H])COc2ncnc(NS(=O)(=O)NC([2H])([2H])C([2H])([2H])C)c2-c2c([2H])c([2H])c(Br)c([2H])c2[2H])nc([2H])c1C. The smallest absolute Gasteiger partial charge is 0.316 e. The van der Waals surface area contributed by atoms with Crippen molar-refractivity contribution in [1.82, 2.24) is 24.7 Å². The van der Waals surface area contributed by atoms with Crippen molar-refractivity contribution >= 4 is 32.0 Å². The predicted octanol–water partition coefficient (Wildman–Crippen LogP) is 3.12. The summed E-state index contributed by atoms with van der Waals surface area (Å²) in [6.45, 7) is -4.77. The summed E-state index contributed by atoms with van der Waals surface area (Å²) >= 11 is 2.95. The zero-order valence-electron chi connectivity index (χ0n) is 28.5. The maximum Gasteiger partial charge on any atom is 0.316 e. The van der Waals surface area contributed by atoms with E-state index in [0.717, 1.165) is 13.3 Å². The monoisotopic (exact) mass is 534 g/mol. The van der Waals surface area contributed by atoms with Crippen molar-refractivity contribution in [2.24, 2.45) is 0 Å². The normalized spacial score (nSPS) is 18.0. The lowest BCUT2D eigenvalue weighted by Crippen LogP contribution is -2.31. The van der Waals surface area contributed by atoms with E-state index >= 15 is 0 Å². The van der Waals surface area contributed by atoms with Gasteiger partial charge in [-0.3, -0.25) is 4.72 Å². The van der Waals surface area contributed by atoms with Crippen LogP contribution in [-0.2, 0) is 10.2 Å². The maximum atomic E-state index is 12.9. The number of nitrogens with zero attached hydrogens (tertiary/aromatic N) is 4. The van der Waals surface area contributed by atoms with Gasteiger partial charge in [-0.25, -0.2) is 19.9 Å². The molecule has 0 radical (unpaired) electrons. The molecule has 0 bridgehead atoms. The highest BCUT2D eigenvalue weighted by Gasteiger charge is 2.19. The Morgan fingerprint density at radius 3 is 2.53 bits per heavy atom. The fourth-order valence-electron chi connectivity index (χ4n) is 2.03. The van der Waals surface area contributed by atoms with E-state index in [1.54, 1.807) is 0 Å². The van der Waals surface area contributed by atoms with Crippen LogP contribution in [0.15, 0.2) is 47.3 Å². The van der Waals surface area contributed by atoms with E-state index in [-0.39, 0.29) is 22.4 Å². The van der Waals surface area contributed by atoms with Crippen LogP contribution in [-0.4, -0.2) is 48.0 Å². The Labute approximate surface area is 212 Å². The van der Waals surface area contributed by atoms with Gasteiger partial charge in [0.05, 0.1) is 16.5 Å². The summed E-state index contributed by atoms with van der Waals surface area (Å²) in [6.07, 6.45) is -2.75. The van der Waals surface area contributed by atoms with E-state index < -0.39 is 89.2 Å². The first-order valence-electron chi connectivity index (χ1n) is 14.5. The van der Waals surface area contributed by atoms with Crippen LogP contribution in [0.5, 0.6) is 11.9 Å². The molecule has 0 aliphatic heterocycles. The molecule has 0 saturated heterocycles. The minimum Gasteiger partial charge on any atom is -0.473 e. The number of nitrogens with one attached hydrogen (secondary N) is 2. The summed E-state index contributed by atoms with van der Waals surface area (Å²) in [5.41, 5.74) is -1.10. The molecule has 0 unspecified atom stereocenters. The van der Waals surface area contributed by atoms with E-state index in [1.807, 2.05) is 4.72 Å². The van der Waals surface area contributed by atoms with Gasteiger partial charge in [0.1, 0.15) is 19.5 Å². The summed E-state index contributed by atoms with van der Waals surface area (Å²) in [5.74, 6) is -1.44. The zero-order valence-corrected chi connectivity index (χ0v) is 18.9. The molecule has 0 saturated carbocycles. The van der Waals surface area contributed by atoms with Gasteiger partial charge in [-0.2, -0.15) is 13.1 Å². The molecule has 2 heterocycles. The molecular weight excluding hydrogens is 500 g/mol. The Bertz CT molecular complexity index is 1660. The van der Waals surface area contributed by atoms with Gasteiger partial charge < -0.3 is 9.47 Å². The van der Waals surface area contributed by atoms with Crippen LogP contribution in [0.3, 0.4) is 0 Å². The number of anilines is 1. The Hall–Kier alpha value is -2.83. The molecule has 0 fully saturated rings. The molecule has 1 aromatic carbocycles. The lowest BCUT2D eigenvalue weighted by molar-refractivity contribution is 0.202. The van der Waals surface area contributed by atoms with Gasteiger partial charge in [-0.1, -0.05) is 34.9 Å². The molecule has 0 aliphatic carbocycles. The van der Waals surface area contributed by atoms with Gasteiger partial charge >= 0.3 is 6.01 Å². The van der Waals surface area contributed by atoms with E-state index in [1.165, 1.54) is 11.6 Å². The highest BCUT2D eigenvalue weighted by Crippen LogP contribution is 2.34. The third kappa shape index (κ3) is 6.84. The number of aromatic nitrogens is 4. The van der Waals surface area contributed by atoms with Crippen LogP contribution in [0.25, 0.3) is 11.1 Å². The quantitative estimate of drug-likeness (QED) is 0.383. The van der Waals surface area contributed by atoms with Gasteiger partial charge in [-0.15, -0.1) is 0 Å². The van der Waals surface area contributed by atoms with Crippen molar-refractivity contribution in [2.45, 2.75) is 20.2 Å². The first-order chi connectivity index (χ1) is 20.0. The van der Waals surface area contributed by atoms with Crippen molar-refractivity contribution in [3.63, 3.8) is 0 Å². The molecule has 10 nitrogen and oxygen atoms in total. The number of benzene rings is 1. The molecule has 12 heteroatoms. The van der Waals surface area contributed by atoms with Crippen molar-refractivity contribution in [2.75, 3.05) is 24.4 Å². The number of rotatable bonds is 11. The third-order valence-corrected chi connectivity index (χ3v) is 4.50. The Morgan fingerprint density at radius 1 is 1.12 bits per heavy atom. The van der Waals surface area contributed by atoms with Crippen LogP contribution in [0.1, 0.15) is 35.3 Å². The van der Waals surface area contributed by atoms with Crippen molar-refractivity contribution in [3.8, 4) is 23.0 Å². The molecule has 2 N–H and O–H groups in total. The predicted molar refractivity (Wildman–Crippen MR) is 124 cm³/mol. The first-order valence-corrected chi connectivity index (χ1v) is 10.8. The average molecular weight is 535 g/mol. The zero-order chi connectivity index (χ0) is 33.6. The minimum absolute atomic E-state index is 0.113. The van der Waals surface area contributed by atoms with Crippen molar-refractivity contribution in [3.05, 3.63) is 52.9 Å². The van der Waals surface area contributed by atoms with Crippen LogP contribution >= 0.6 is 15.9 Å². The van der Waals surface area contributed by atoms with Crippen molar-refractivity contribution < 1.29 is 34.3 Å². The van der Waals surface area contributed by atoms with E-state index in [4.69, 9.17) is 25.9 Å². The van der Waals surface area contributed by atoms with Crippen LogP contribution in [0.2, 0.25) is 0 Å². The lowest BCUT2D eigenvalue weighted by Gasteiger charge is -2.15. The minimum atomic E-state index is -5.01. The highest BCUT2D eigenvalue weighted by atomic mass is 79.9. The standard InChI is InChI=1S/C20H23BrN6O4S/c1-3-8-26-32(28,29)27-18-17(15-4-6-16(21)7-5-15)19(25-13-24-18)30-9-10-31-20-22-11-14(2)12-23-20/h4-7,11-13,26H,3,8-10H2,1-2H3,(H,24,25,27)/i3D2,4D,5D,6D,7D,8D2,10D2,11D,12D. The molecule has 0 aliphatic rings. The fourth-order valence-corrected chi connectivity index (χ4v) is 2.92. The van der Waals surface area contributed by atoms with Gasteiger partial charge in [0.15, 0.2) is 5.82 Å². The summed E-state index contributed by atoms with van der Waals surface area (Å²) in [7, 11) is -5.01. The van der Waals surface area contributed by atoms with Gasteiger partial charge in [0.25, 0.3) is 10.2 Å². The molecule has 170 valence electrons. The van der Waals surface area contributed by atoms with Gasteiger partial charge in [-0.05, 0) is 36.5 Å². The van der Waals surface area contributed by atoms with Gasteiger partial charge in [0, 0.05) is 28.8 Å². The average Bonchev–Trinajstić information content (AvgIpc) is 2.87. The summed E-state index contributed by atoms with van der Waals surface area (Å²) in [6, 6.07) is -3.29. The summed E-state index contributed by atoms with van der Waals surface area (Å²) < 4.78 is 135. The molecule has 32 heavy (non-hydrogen) atoms. The van der Waals surface area contributed by atoms with Crippen LogP contribution in [0, 0.1) is 6.92 Å². The molecule has 2 aromatic heterocycles. The molecule has 0 atom stereocenters. The Balaban J connectivity index is 2.12. The second kappa shape index (κ2) is 11.2. The fraction of sp³-hybridized carbons (Fsp3) is 0.300. The lowest BCUT2D eigenvalue weighted by atomic mass is 10.1. The second-order valence-corrected chi connectivity index (χ2v) is 7.77. The third-order valence-electron chi connectivity index (χ3n) is 3.27. The number of ether oxygens (including phenoxy) is 2. The summed E-state index contributed by atoms with van der Waals surface area (Å²) in [5, 5.41) is 0. The Morgan fingerprint density at radius 2 is 1.84 bits per heavy atom. The second-order valence-electron chi connectivity index (χ2n) is 5.56.